The van der Waals surface area contributed by atoms with Crippen LogP contribution in [0.4, 0.5) is 10.5 Å². The number of hydrogen-bond donors (Lipinski definition) is 1. The lowest BCUT2D eigenvalue weighted by Gasteiger charge is -2.41. The van der Waals surface area contributed by atoms with E-state index in [1.165, 1.54) is 11.1 Å². The fourth-order valence-electron chi connectivity index (χ4n) is 2.67. The van der Waals surface area contributed by atoms with Gasteiger partial charge < -0.3 is 4.74 Å². The fourth-order valence-corrected chi connectivity index (χ4v) is 2.67. The first kappa shape index (κ1) is 15.8. The Kier molecular flexibility index (Phi) is 4.02. The normalized spacial score (nSPS) is 18.0. The van der Waals surface area contributed by atoms with Crippen LogP contribution in [0.25, 0.3) is 0 Å². The van der Waals surface area contributed by atoms with Gasteiger partial charge in [0.25, 0.3) is 0 Å². The highest BCUT2D eigenvalue weighted by atomic mass is 16.6. The van der Waals surface area contributed by atoms with Gasteiger partial charge in [-0.2, -0.15) is 0 Å². The van der Waals surface area contributed by atoms with Gasteiger partial charge >= 0.3 is 6.09 Å². The summed E-state index contributed by atoms with van der Waals surface area (Å²) in [5.74, 6) is 0. The lowest BCUT2D eigenvalue weighted by atomic mass is 9.83. The number of nitrogens with zero attached hydrogens (tertiary/aromatic N) is 1. The standard InChI is InChI=1S/C17H26N2O2/c1-16(2,3)21-15(20)18-13-7-8-14-12(11-13)9-10-19(6)17(14,4)5/h7-8,11H,9-10H2,1-6H3,(H,18,20). The van der Waals surface area contributed by atoms with Crippen LogP contribution >= 0.6 is 0 Å². The van der Waals surface area contributed by atoms with E-state index in [0.717, 1.165) is 18.7 Å². The van der Waals surface area contributed by atoms with Crippen LogP contribution in [0.2, 0.25) is 0 Å². The molecule has 1 N–H and O–H groups in total. The van der Waals surface area contributed by atoms with E-state index in [2.05, 4.69) is 43.2 Å². The van der Waals surface area contributed by atoms with Crippen LogP contribution in [-0.2, 0) is 16.7 Å². The van der Waals surface area contributed by atoms with Crippen LogP contribution in [0.3, 0.4) is 0 Å². The summed E-state index contributed by atoms with van der Waals surface area (Å²) in [6, 6.07) is 6.12. The van der Waals surface area contributed by atoms with E-state index >= 15 is 0 Å². The third-order valence-corrected chi connectivity index (χ3v) is 4.08. The SMILES string of the molecule is CN1CCc2cc(NC(=O)OC(C)(C)C)ccc2C1(C)C. The predicted octanol–water partition coefficient (Wildman–Crippen LogP) is 3.76. The highest BCUT2D eigenvalue weighted by molar-refractivity contribution is 5.85. The lowest BCUT2D eigenvalue weighted by Crippen LogP contribution is -2.44. The Morgan fingerprint density at radius 3 is 2.62 bits per heavy atom. The molecule has 21 heavy (non-hydrogen) atoms. The molecule has 4 nitrogen and oxygen atoms in total. The fraction of sp³-hybridized carbons (Fsp3) is 0.588. The molecule has 1 aliphatic rings. The van der Waals surface area contributed by atoms with Gasteiger partial charge in [0.2, 0.25) is 0 Å². The molecule has 0 spiro atoms. The number of likely N-dealkylation sites (N-methyl/N-ethyl adjacent to an activating group) is 1. The van der Waals surface area contributed by atoms with Crippen molar-refractivity contribution in [2.24, 2.45) is 0 Å². The topological polar surface area (TPSA) is 41.6 Å². The molecule has 0 fully saturated rings. The lowest BCUT2D eigenvalue weighted by molar-refractivity contribution is 0.0636. The third kappa shape index (κ3) is 3.56. The molecule has 0 saturated carbocycles. The van der Waals surface area contributed by atoms with E-state index in [1.807, 2.05) is 26.8 Å². The Hall–Kier alpha value is -1.55. The number of carbonyl (C=O) groups is 1. The van der Waals surface area contributed by atoms with Crippen LogP contribution in [0, 0.1) is 0 Å². The van der Waals surface area contributed by atoms with Crippen molar-refractivity contribution in [2.45, 2.75) is 52.2 Å². The monoisotopic (exact) mass is 290 g/mol. The molecular weight excluding hydrogens is 264 g/mol. The number of fused-ring (bicyclic) bond motifs is 1. The number of nitrogens with one attached hydrogen (secondary N) is 1. The first-order valence-corrected chi connectivity index (χ1v) is 7.44. The molecule has 0 unspecified atom stereocenters. The van der Waals surface area contributed by atoms with E-state index in [4.69, 9.17) is 4.74 Å². The number of ether oxygens (including phenoxy) is 1. The second-order valence-electron chi connectivity index (χ2n) is 7.23. The summed E-state index contributed by atoms with van der Waals surface area (Å²) < 4.78 is 5.29. The molecule has 1 aromatic rings. The highest BCUT2D eigenvalue weighted by Crippen LogP contribution is 2.35. The zero-order valence-electron chi connectivity index (χ0n) is 13.9. The van der Waals surface area contributed by atoms with E-state index in [0.29, 0.717) is 0 Å². The van der Waals surface area contributed by atoms with Crippen LogP contribution in [0.1, 0.15) is 45.7 Å². The van der Waals surface area contributed by atoms with Crippen molar-refractivity contribution >= 4 is 11.8 Å². The van der Waals surface area contributed by atoms with E-state index in [-0.39, 0.29) is 5.54 Å². The van der Waals surface area contributed by atoms with E-state index in [9.17, 15) is 4.79 Å². The highest BCUT2D eigenvalue weighted by Gasteiger charge is 2.31. The molecule has 1 aliphatic heterocycles. The molecule has 0 aromatic heterocycles. The third-order valence-electron chi connectivity index (χ3n) is 4.08. The number of carbonyl (C=O) groups excluding carboxylic acids is 1. The van der Waals surface area contributed by atoms with Gasteiger partial charge in [-0.25, -0.2) is 4.79 Å². The summed E-state index contributed by atoms with van der Waals surface area (Å²) in [5.41, 5.74) is 2.96. The molecule has 0 saturated heterocycles. The van der Waals surface area contributed by atoms with Crippen LogP contribution in [0.15, 0.2) is 18.2 Å². The number of amides is 1. The van der Waals surface area contributed by atoms with Gasteiger partial charge in [0.1, 0.15) is 5.60 Å². The predicted molar refractivity (Wildman–Crippen MR) is 85.7 cm³/mol. The molecule has 2 rings (SSSR count). The number of benzene rings is 1. The molecule has 1 aromatic carbocycles. The summed E-state index contributed by atoms with van der Waals surface area (Å²) in [4.78, 5) is 14.2. The van der Waals surface area contributed by atoms with Crippen LogP contribution in [0.5, 0.6) is 0 Å². The minimum atomic E-state index is -0.483. The molecular formula is C17H26N2O2. The summed E-state index contributed by atoms with van der Waals surface area (Å²) in [7, 11) is 2.15. The minimum absolute atomic E-state index is 0.0258. The van der Waals surface area contributed by atoms with Gasteiger partial charge in [0, 0.05) is 17.8 Å². The van der Waals surface area contributed by atoms with Crippen LogP contribution in [-0.4, -0.2) is 30.2 Å². The van der Waals surface area contributed by atoms with Gasteiger partial charge in [-0.3, -0.25) is 10.2 Å². The largest absolute Gasteiger partial charge is 0.444 e. The van der Waals surface area contributed by atoms with Crippen molar-refractivity contribution in [2.75, 3.05) is 18.9 Å². The molecule has 116 valence electrons. The summed E-state index contributed by atoms with van der Waals surface area (Å²) in [6.45, 7) is 11.1. The van der Waals surface area contributed by atoms with Gasteiger partial charge in [0.05, 0.1) is 0 Å². The maximum Gasteiger partial charge on any atom is 0.412 e. The number of rotatable bonds is 1. The average molecular weight is 290 g/mol. The van der Waals surface area contributed by atoms with Gasteiger partial charge in [-0.05, 0) is 71.3 Å². The van der Waals surface area contributed by atoms with Gasteiger partial charge in [-0.15, -0.1) is 0 Å². The van der Waals surface area contributed by atoms with E-state index < -0.39 is 11.7 Å². The van der Waals surface area contributed by atoms with Crippen molar-refractivity contribution in [3.8, 4) is 0 Å². The smallest absolute Gasteiger partial charge is 0.412 e. The molecule has 1 amide bonds. The second-order valence-corrected chi connectivity index (χ2v) is 7.23. The summed E-state index contributed by atoms with van der Waals surface area (Å²) >= 11 is 0. The molecule has 0 bridgehead atoms. The van der Waals surface area contributed by atoms with Gasteiger partial charge in [0.15, 0.2) is 0 Å². The molecule has 0 radical (unpaired) electrons. The van der Waals surface area contributed by atoms with Crippen molar-refractivity contribution in [3.05, 3.63) is 29.3 Å². The van der Waals surface area contributed by atoms with Crippen molar-refractivity contribution in [1.82, 2.24) is 4.90 Å². The summed E-state index contributed by atoms with van der Waals surface area (Å²) in [6.07, 6.45) is 0.591. The van der Waals surface area contributed by atoms with Gasteiger partial charge in [-0.1, -0.05) is 6.07 Å². The quantitative estimate of drug-likeness (QED) is 0.856. The van der Waals surface area contributed by atoms with Crippen LogP contribution < -0.4 is 5.32 Å². The Morgan fingerprint density at radius 1 is 1.33 bits per heavy atom. The first-order chi connectivity index (χ1) is 9.59. The first-order valence-electron chi connectivity index (χ1n) is 7.44. The van der Waals surface area contributed by atoms with Crippen molar-refractivity contribution in [1.29, 1.82) is 0 Å². The second kappa shape index (κ2) is 5.34. The number of hydrogen-bond acceptors (Lipinski definition) is 3. The molecule has 4 heteroatoms. The molecule has 0 atom stereocenters. The Labute approximate surface area is 127 Å². The molecule has 0 aliphatic carbocycles. The zero-order valence-corrected chi connectivity index (χ0v) is 13.9. The van der Waals surface area contributed by atoms with Crippen molar-refractivity contribution < 1.29 is 9.53 Å². The van der Waals surface area contributed by atoms with E-state index in [1.54, 1.807) is 0 Å². The minimum Gasteiger partial charge on any atom is -0.444 e. The number of anilines is 1. The summed E-state index contributed by atoms with van der Waals surface area (Å²) in [5, 5.41) is 2.81. The zero-order chi connectivity index (χ0) is 15.8. The molecule has 1 heterocycles. The average Bonchev–Trinajstić information content (AvgIpc) is 2.31. The van der Waals surface area contributed by atoms with Crippen molar-refractivity contribution in [3.63, 3.8) is 0 Å². The Bertz CT molecular complexity index is 544. The maximum atomic E-state index is 11.8. The maximum absolute atomic E-state index is 11.8. The Morgan fingerprint density at radius 2 is 2.00 bits per heavy atom. The Balaban J connectivity index is 2.17.